The molecule has 2 rings (SSSR count). The van der Waals surface area contributed by atoms with E-state index in [1.807, 2.05) is 24.3 Å². The van der Waals surface area contributed by atoms with E-state index in [9.17, 15) is 0 Å². The monoisotopic (exact) mass is 299 g/mol. The van der Waals surface area contributed by atoms with Crippen LogP contribution in [0.1, 0.15) is 25.0 Å². The molecule has 0 saturated heterocycles. The van der Waals surface area contributed by atoms with Gasteiger partial charge in [-0.15, -0.1) is 0 Å². The van der Waals surface area contributed by atoms with Gasteiger partial charge in [0, 0.05) is 5.41 Å². The van der Waals surface area contributed by atoms with Gasteiger partial charge in [-0.25, -0.2) is 0 Å². The summed E-state index contributed by atoms with van der Waals surface area (Å²) in [4.78, 5) is 0. The molecule has 0 spiro atoms. The van der Waals surface area contributed by atoms with Gasteiger partial charge in [0.25, 0.3) is 0 Å². The number of aliphatic hydroxyl groups excluding tert-OH is 1. The molecule has 2 aromatic rings. The Morgan fingerprint density at radius 3 is 1.82 bits per heavy atom. The molecule has 2 aromatic carbocycles. The Labute approximate surface area is 132 Å². The van der Waals surface area contributed by atoms with Gasteiger partial charge in [-0.1, -0.05) is 38.1 Å². The van der Waals surface area contributed by atoms with Gasteiger partial charge in [0.2, 0.25) is 0 Å². The summed E-state index contributed by atoms with van der Waals surface area (Å²) < 4.78 is 10.6. The Balaban J connectivity index is 2.17. The van der Waals surface area contributed by atoms with Gasteiger partial charge in [-0.05, 0) is 41.5 Å². The summed E-state index contributed by atoms with van der Waals surface area (Å²) in [5.74, 6) is 1.59. The van der Waals surface area contributed by atoms with Crippen molar-refractivity contribution >= 4 is 0 Å². The molecule has 0 saturated carbocycles. The van der Waals surface area contributed by atoms with Crippen LogP contribution in [-0.2, 0) is 5.41 Å². The Bertz CT molecular complexity index is 583. The van der Waals surface area contributed by atoms with Crippen molar-refractivity contribution in [1.29, 1.82) is 0 Å². The van der Waals surface area contributed by atoms with E-state index in [4.69, 9.17) is 14.6 Å². The molecule has 3 nitrogen and oxygen atoms in total. The molecule has 1 unspecified atom stereocenters. The normalized spacial score (nSPS) is 12.8. The second kappa shape index (κ2) is 6.84. The lowest BCUT2D eigenvalue weighted by Gasteiger charge is -2.26. The Hall–Kier alpha value is -2.00. The van der Waals surface area contributed by atoms with Crippen LogP contribution in [0.4, 0.5) is 0 Å². The first kappa shape index (κ1) is 16.4. The molecule has 0 radical (unpaired) electrons. The van der Waals surface area contributed by atoms with Crippen molar-refractivity contribution in [2.45, 2.75) is 25.4 Å². The summed E-state index contributed by atoms with van der Waals surface area (Å²) >= 11 is 0. The number of rotatable bonds is 6. The Kier molecular flexibility index (Phi) is 5.09. The fourth-order valence-electron chi connectivity index (χ4n) is 2.33. The van der Waals surface area contributed by atoms with E-state index in [0.29, 0.717) is 0 Å². The molecule has 0 aliphatic heterocycles. The maximum atomic E-state index is 9.14. The summed E-state index contributed by atoms with van der Waals surface area (Å²) in [6, 6.07) is 16.1. The third-order valence-corrected chi connectivity index (χ3v) is 3.83. The molecular weight excluding hydrogens is 276 g/mol. The predicted octanol–water partition coefficient (Wildman–Crippen LogP) is 3.59. The maximum absolute atomic E-state index is 9.14. The lowest BCUT2D eigenvalue weighted by molar-refractivity contribution is 0.142. The molecule has 0 bridgehead atoms. The van der Waals surface area contributed by atoms with Crippen molar-refractivity contribution < 1.29 is 14.6 Å². The predicted molar refractivity (Wildman–Crippen MR) is 88.4 cm³/mol. The Morgan fingerprint density at radius 1 is 0.955 bits per heavy atom. The van der Waals surface area contributed by atoms with Crippen LogP contribution in [0.3, 0.4) is 0 Å². The maximum Gasteiger partial charge on any atom is 0.119 e. The highest BCUT2D eigenvalue weighted by Crippen LogP contribution is 2.33. The van der Waals surface area contributed by atoms with Gasteiger partial charge in [-0.2, -0.15) is 0 Å². The largest absolute Gasteiger partial charge is 0.497 e. The molecular formula is C19H23O3-. The van der Waals surface area contributed by atoms with Gasteiger partial charge < -0.3 is 21.5 Å². The zero-order valence-corrected chi connectivity index (χ0v) is 13.4. The van der Waals surface area contributed by atoms with Crippen LogP contribution >= 0.6 is 0 Å². The zero-order chi connectivity index (χ0) is 16.2. The molecule has 0 aliphatic rings. The van der Waals surface area contributed by atoms with Crippen molar-refractivity contribution in [2.24, 2.45) is 0 Å². The fraction of sp³-hybridized carbons (Fsp3) is 0.316. The zero-order valence-electron chi connectivity index (χ0n) is 13.4. The van der Waals surface area contributed by atoms with Crippen molar-refractivity contribution in [3.8, 4) is 11.5 Å². The third kappa shape index (κ3) is 3.80. The number of methoxy groups -OCH3 is 1. The molecule has 22 heavy (non-hydrogen) atoms. The first-order chi connectivity index (χ1) is 10.4. The van der Waals surface area contributed by atoms with E-state index in [1.165, 1.54) is 11.1 Å². The van der Waals surface area contributed by atoms with Crippen LogP contribution < -0.4 is 9.47 Å². The van der Waals surface area contributed by atoms with Crippen LogP contribution in [0.2, 0.25) is 0 Å². The molecule has 1 N–H and O–H groups in total. The second-order valence-electron chi connectivity index (χ2n) is 5.84. The van der Waals surface area contributed by atoms with Crippen molar-refractivity contribution in [2.75, 3.05) is 13.7 Å². The molecule has 0 amide bonds. The third-order valence-electron chi connectivity index (χ3n) is 3.83. The van der Waals surface area contributed by atoms with Crippen LogP contribution in [0.25, 0.3) is 0 Å². The van der Waals surface area contributed by atoms with Gasteiger partial charge >= 0.3 is 0 Å². The first-order valence-electron chi connectivity index (χ1n) is 7.32. The van der Waals surface area contributed by atoms with Crippen LogP contribution in [0.15, 0.2) is 48.5 Å². The van der Waals surface area contributed by atoms with E-state index in [1.54, 1.807) is 7.11 Å². The van der Waals surface area contributed by atoms with Gasteiger partial charge in [0.15, 0.2) is 0 Å². The SMILES string of the molecule is [CH2-]C(O)COc1ccc(C(C)(C)c2ccc(OC)cc2)cc1. The minimum absolute atomic E-state index is 0.114. The van der Waals surface area contributed by atoms with Crippen LogP contribution in [-0.4, -0.2) is 24.9 Å². The summed E-state index contributed by atoms with van der Waals surface area (Å²) in [7, 11) is 1.67. The van der Waals surface area contributed by atoms with Crippen molar-refractivity contribution in [3.63, 3.8) is 0 Å². The number of hydrogen-bond acceptors (Lipinski definition) is 3. The summed E-state index contributed by atoms with van der Waals surface area (Å²) in [6.07, 6.45) is -0.713. The van der Waals surface area contributed by atoms with E-state index in [-0.39, 0.29) is 12.0 Å². The average Bonchev–Trinajstić information content (AvgIpc) is 2.53. The summed E-state index contributed by atoms with van der Waals surface area (Å²) in [5, 5.41) is 9.14. The summed E-state index contributed by atoms with van der Waals surface area (Å²) in [6.45, 7) is 8.05. The molecule has 0 fully saturated rings. The van der Waals surface area contributed by atoms with E-state index >= 15 is 0 Å². The molecule has 0 aromatic heterocycles. The molecule has 0 aliphatic carbocycles. The van der Waals surface area contributed by atoms with Crippen LogP contribution in [0, 0.1) is 6.92 Å². The van der Waals surface area contributed by atoms with Crippen molar-refractivity contribution in [1.82, 2.24) is 0 Å². The standard InChI is InChI=1S/C19H23O3/c1-14(20)13-22-18-11-7-16(8-12-18)19(2,3)15-5-9-17(21-4)10-6-15/h5-12,14,20H,1,13H2,2-4H3/q-1. The van der Waals surface area contributed by atoms with Crippen molar-refractivity contribution in [3.05, 3.63) is 66.6 Å². The van der Waals surface area contributed by atoms with E-state index < -0.39 is 6.10 Å². The molecule has 1 atom stereocenters. The fourth-order valence-corrected chi connectivity index (χ4v) is 2.33. The highest BCUT2D eigenvalue weighted by Gasteiger charge is 2.23. The number of aliphatic hydroxyl groups is 1. The van der Waals surface area contributed by atoms with E-state index in [2.05, 4.69) is 45.0 Å². The highest BCUT2D eigenvalue weighted by molar-refractivity contribution is 5.41. The Morgan fingerprint density at radius 2 is 1.41 bits per heavy atom. The molecule has 118 valence electrons. The number of ether oxygens (including phenoxy) is 2. The number of hydrogen-bond donors (Lipinski definition) is 1. The lowest BCUT2D eigenvalue weighted by atomic mass is 9.78. The molecule has 0 heterocycles. The van der Waals surface area contributed by atoms with Crippen LogP contribution in [0.5, 0.6) is 11.5 Å². The second-order valence-corrected chi connectivity index (χ2v) is 5.84. The van der Waals surface area contributed by atoms with Gasteiger partial charge in [-0.3, -0.25) is 0 Å². The van der Waals surface area contributed by atoms with Gasteiger partial charge in [0.05, 0.1) is 13.7 Å². The summed E-state index contributed by atoms with van der Waals surface area (Å²) in [5.41, 5.74) is 2.30. The van der Waals surface area contributed by atoms with E-state index in [0.717, 1.165) is 11.5 Å². The minimum Gasteiger partial charge on any atom is -0.497 e. The highest BCUT2D eigenvalue weighted by atomic mass is 16.5. The molecule has 3 heteroatoms. The topological polar surface area (TPSA) is 38.7 Å². The minimum atomic E-state index is -0.713. The van der Waals surface area contributed by atoms with Gasteiger partial charge in [0.1, 0.15) is 11.5 Å². The first-order valence-corrected chi connectivity index (χ1v) is 7.32. The quantitative estimate of drug-likeness (QED) is 0.828. The smallest absolute Gasteiger partial charge is 0.119 e. The average molecular weight is 299 g/mol. The number of benzene rings is 2. The lowest BCUT2D eigenvalue weighted by Crippen LogP contribution is -2.19.